The Balaban J connectivity index is 1.87. The molecule has 3 atom stereocenters. The lowest BCUT2D eigenvalue weighted by atomic mass is 9.63. The second-order valence-electron chi connectivity index (χ2n) is 7.69. The van der Waals surface area contributed by atoms with Crippen LogP contribution in [0.1, 0.15) is 37.9 Å². The monoisotopic (exact) mass is 323 g/mol. The van der Waals surface area contributed by atoms with Crippen LogP contribution in [0, 0.1) is 5.92 Å². The zero-order chi connectivity index (χ0) is 17.1. The van der Waals surface area contributed by atoms with E-state index in [1.54, 1.807) is 0 Å². The lowest BCUT2D eigenvalue weighted by Gasteiger charge is -2.50. The summed E-state index contributed by atoms with van der Waals surface area (Å²) in [7, 11) is 4.01. The number of fused-ring (bicyclic) bond motifs is 3. The fourth-order valence-corrected chi connectivity index (χ4v) is 5.06. The van der Waals surface area contributed by atoms with Gasteiger partial charge in [-0.25, -0.2) is 0 Å². The second-order valence-corrected chi connectivity index (χ2v) is 7.69. The number of piperidine rings is 1. The van der Waals surface area contributed by atoms with Crippen LogP contribution in [0.5, 0.6) is 0 Å². The summed E-state index contributed by atoms with van der Waals surface area (Å²) < 4.78 is 2.04. The van der Waals surface area contributed by atoms with Gasteiger partial charge in [-0.1, -0.05) is 44.2 Å². The van der Waals surface area contributed by atoms with Crippen molar-refractivity contribution < 1.29 is 4.79 Å². The molecule has 1 amide bonds. The minimum Gasteiger partial charge on any atom is -0.342 e. The van der Waals surface area contributed by atoms with Crippen LogP contribution < -0.4 is 0 Å². The molecule has 2 aromatic rings. The molecule has 24 heavy (non-hydrogen) atoms. The highest BCUT2D eigenvalue weighted by molar-refractivity contribution is 5.80. The molecule has 4 heteroatoms. The van der Waals surface area contributed by atoms with Crippen molar-refractivity contribution in [2.24, 2.45) is 13.0 Å². The predicted molar refractivity (Wildman–Crippen MR) is 94.7 cm³/mol. The minimum atomic E-state index is -0.0551. The highest BCUT2D eigenvalue weighted by Gasteiger charge is 2.51. The van der Waals surface area contributed by atoms with Crippen LogP contribution in [0.3, 0.4) is 0 Å². The Morgan fingerprint density at radius 2 is 1.92 bits per heavy atom. The summed E-state index contributed by atoms with van der Waals surface area (Å²) in [4.78, 5) is 14.4. The average Bonchev–Trinajstić information content (AvgIpc) is 2.91. The number of hydrogen-bond donors (Lipinski definition) is 0. The van der Waals surface area contributed by atoms with E-state index in [2.05, 4.69) is 38.1 Å². The van der Waals surface area contributed by atoms with Crippen molar-refractivity contribution in [1.82, 2.24) is 14.7 Å². The maximum absolute atomic E-state index is 12.4. The first-order valence-electron chi connectivity index (χ1n) is 8.82. The van der Waals surface area contributed by atoms with Crippen LogP contribution in [0.25, 0.3) is 11.3 Å². The Morgan fingerprint density at radius 1 is 1.21 bits per heavy atom. The largest absolute Gasteiger partial charge is 0.342 e. The predicted octanol–water partition coefficient (Wildman–Crippen LogP) is 3.16. The van der Waals surface area contributed by atoms with Gasteiger partial charge in [0.05, 0.1) is 11.4 Å². The molecule has 1 aromatic heterocycles. The van der Waals surface area contributed by atoms with Crippen LogP contribution in [0.4, 0.5) is 0 Å². The van der Waals surface area contributed by atoms with Crippen molar-refractivity contribution in [3.8, 4) is 11.3 Å². The van der Waals surface area contributed by atoms with Crippen molar-refractivity contribution in [3.05, 3.63) is 41.6 Å². The summed E-state index contributed by atoms with van der Waals surface area (Å²) in [6.45, 7) is 4.35. The van der Waals surface area contributed by atoms with Crippen molar-refractivity contribution in [1.29, 1.82) is 0 Å². The summed E-state index contributed by atoms with van der Waals surface area (Å²) in [5, 5.41) is 4.96. The van der Waals surface area contributed by atoms with Gasteiger partial charge in [-0.15, -0.1) is 0 Å². The Bertz CT molecular complexity index is 795. The molecule has 1 aliphatic heterocycles. The number of likely N-dealkylation sites (tertiary alicyclic amines) is 1. The van der Waals surface area contributed by atoms with Gasteiger partial charge in [-0.2, -0.15) is 5.10 Å². The number of aryl methyl sites for hydroxylation is 1. The van der Waals surface area contributed by atoms with Gasteiger partial charge < -0.3 is 4.90 Å². The first kappa shape index (κ1) is 15.4. The van der Waals surface area contributed by atoms with E-state index in [1.165, 1.54) is 22.5 Å². The van der Waals surface area contributed by atoms with Gasteiger partial charge in [0.25, 0.3) is 0 Å². The molecule has 1 aromatic carbocycles. The van der Waals surface area contributed by atoms with Gasteiger partial charge in [0, 0.05) is 42.6 Å². The molecule has 0 spiro atoms. The quantitative estimate of drug-likeness (QED) is 0.808. The van der Waals surface area contributed by atoms with Gasteiger partial charge >= 0.3 is 0 Å². The Morgan fingerprint density at radius 3 is 2.62 bits per heavy atom. The summed E-state index contributed by atoms with van der Waals surface area (Å²) in [5.41, 5.74) is 4.98. The standard InChI is InChI=1S/C20H25N3O/c1-13-12-20(2)16(22(3)19(13)24)11-10-15-17(23(4)21-18(15)20)14-8-6-5-7-9-14/h5-9,13,16H,10-12H2,1-4H3/t13?,16-,20+/m1/s1. The van der Waals surface area contributed by atoms with E-state index in [9.17, 15) is 4.79 Å². The highest BCUT2D eigenvalue weighted by atomic mass is 16.2. The number of rotatable bonds is 1. The summed E-state index contributed by atoms with van der Waals surface area (Å²) in [5.74, 6) is 0.338. The van der Waals surface area contributed by atoms with Crippen LogP contribution >= 0.6 is 0 Å². The molecule has 0 radical (unpaired) electrons. The third-order valence-corrected chi connectivity index (χ3v) is 6.10. The van der Waals surface area contributed by atoms with Gasteiger partial charge in [0.2, 0.25) is 5.91 Å². The fraction of sp³-hybridized carbons (Fsp3) is 0.500. The molecule has 4 nitrogen and oxygen atoms in total. The smallest absolute Gasteiger partial charge is 0.225 e. The maximum atomic E-state index is 12.4. The van der Waals surface area contributed by atoms with E-state index in [1.807, 2.05) is 29.7 Å². The van der Waals surface area contributed by atoms with Crippen LogP contribution in [0.15, 0.2) is 30.3 Å². The number of hydrogen-bond acceptors (Lipinski definition) is 2. The van der Waals surface area contributed by atoms with E-state index < -0.39 is 0 Å². The third kappa shape index (κ3) is 1.98. The normalized spacial score (nSPS) is 29.3. The second kappa shape index (κ2) is 5.20. The number of nitrogens with zero attached hydrogens (tertiary/aromatic N) is 3. The van der Waals surface area contributed by atoms with Crippen LogP contribution in [0.2, 0.25) is 0 Å². The minimum absolute atomic E-state index is 0.0551. The Kier molecular flexibility index (Phi) is 3.34. The highest BCUT2D eigenvalue weighted by Crippen LogP contribution is 2.48. The SMILES string of the molecule is CC1C[C@]2(C)c3nn(C)c(-c4ccccc4)c3CC[C@H]2N(C)C1=O. The summed E-state index contributed by atoms with van der Waals surface area (Å²) in [6.07, 6.45) is 2.89. The molecule has 1 unspecified atom stereocenters. The zero-order valence-electron chi connectivity index (χ0n) is 14.9. The number of carbonyl (C=O) groups excluding carboxylic acids is 1. The number of aromatic nitrogens is 2. The molecular formula is C20H25N3O. The number of amides is 1. The summed E-state index contributed by atoms with van der Waals surface area (Å²) >= 11 is 0. The summed E-state index contributed by atoms with van der Waals surface area (Å²) in [6, 6.07) is 10.8. The molecule has 1 fully saturated rings. The molecule has 2 aliphatic rings. The molecule has 2 heterocycles. The van der Waals surface area contributed by atoms with Crippen molar-refractivity contribution in [2.45, 2.75) is 44.6 Å². The number of likely N-dealkylation sites (N-methyl/N-ethyl adjacent to an activating group) is 1. The molecule has 1 aliphatic carbocycles. The van der Waals surface area contributed by atoms with Crippen molar-refractivity contribution in [3.63, 3.8) is 0 Å². The molecule has 0 N–H and O–H groups in total. The van der Waals surface area contributed by atoms with Crippen molar-refractivity contribution >= 4 is 5.91 Å². The number of benzene rings is 1. The van der Waals surface area contributed by atoms with Crippen LogP contribution in [-0.2, 0) is 23.7 Å². The van der Waals surface area contributed by atoms with E-state index in [-0.39, 0.29) is 23.3 Å². The van der Waals surface area contributed by atoms with E-state index in [0.717, 1.165) is 19.3 Å². The van der Waals surface area contributed by atoms with E-state index >= 15 is 0 Å². The topological polar surface area (TPSA) is 38.1 Å². The van der Waals surface area contributed by atoms with Crippen molar-refractivity contribution in [2.75, 3.05) is 7.05 Å². The van der Waals surface area contributed by atoms with Gasteiger partial charge in [-0.05, 0) is 19.3 Å². The van der Waals surface area contributed by atoms with Gasteiger partial charge in [-0.3, -0.25) is 9.48 Å². The molecular weight excluding hydrogens is 298 g/mol. The molecule has 0 saturated carbocycles. The molecule has 126 valence electrons. The average molecular weight is 323 g/mol. The Labute approximate surface area is 143 Å². The fourth-order valence-electron chi connectivity index (χ4n) is 5.06. The Hall–Kier alpha value is -2.10. The maximum Gasteiger partial charge on any atom is 0.225 e. The molecule has 4 rings (SSSR count). The third-order valence-electron chi connectivity index (χ3n) is 6.10. The van der Waals surface area contributed by atoms with E-state index in [4.69, 9.17) is 5.10 Å². The number of carbonyl (C=O) groups is 1. The molecule has 1 saturated heterocycles. The first-order valence-corrected chi connectivity index (χ1v) is 8.82. The lowest BCUT2D eigenvalue weighted by molar-refractivity contribution is -0.143. The van der Waals surface area contributed by atoms with Gasteiger partial charge in [0.1, 0.15) is 0 Å². The first-order chi connectivity index (χ1) is 11.4. The van der Waals surface area contributed by atoms with Crippen LogP contribution in [-0.4, -0.2) is 33.7 Å². The zero-order valence-corrected chi connectivity index (χ0v) is 14.9. The van der Waals surface area contributed by atoms with E-state index in [0.29, 0.717) is 0 Å². The molecule has 0 bridgehead atoms. The van der Waals surface area contributed by atoms with Gasteiger partial charge in [0.15, 0.2) is 0 Å². The lowest BCUT2D eigenvalue weighted by Crippen LogP contribution is -2.59.